The molecule has 18 heavy (non-hydrogen) atoms. The van der Waals surface area contributed by atoms with Crippen molar-refractivity contribution in [2.24, 2.45) is 0 Å². The Morgan fingerprint density at radius 1 is 1.44 bits per heavy atom. The molecule has 6 nitrogen and oxygen atoms in total. The van der Waals surface area contributed by atoms with Gasteiger partial charge in [0.25, 0.3) is 11.5 Å². The molecule has 100 valence electrons. The lowest BCUT2D eigenvalue weighted by atomic mass is 10.3. The van der Waals surface area contributed by atoms with E-state index in [2.05, 4.69) is 15.5 Å². The molecule has 1 amide bonds. The first-order valence-corrected chi connectivity index (χ1v) is 6.05. The average Bonchev–Trinajstić information content (AvgIpc) is 2.34. The topological polar surface area (TPSA) is 84.1 Å². The van der Waals surface area contributed by atoms with E-state index in [1.165, 1.54) is 12.1 Å². The van der Waals surface area contributed by atoms with Crippen molar-refractivity contribution in [2.45, 2.75) is 32.8 Å². The van der Waals surface area contributed by atoms with E-state index in [1.807, 2.05) is 13.8 Å². The fourth-order valence-corrected chi connectivity index (χ4v) is 1.31. The molecule has 0 saturated carbocycles. The SMILES string of the molecule is CC(C)OCCCCNC(=O)c1ccc(=O)[nH]n1. The monoisotopic (exact) mass is 253 g/mol. The molecule has 1 heterocycles. The Morgan fingerprint density at radius 3 is 2.83 bits per heavy atom. The summed E-state index contributed by atoms with van der Waals surface area (Å²) in [5.74, 6) is -0.281. The highest BCUT2D eigenvalue weighted by Crippen LogP contribution is 1.94. The third-order valence-corrected chi connectivity index (χ3v) is 2.22. The zero-order chi connectivity index (χ0) is 13.4. The van der Waals surface area contributed by atoms with E-state index in [0.717, 1.165) is 12.8 Å². The van der Waals surface area contributed by atoms with Crippen LogP contribution in [0.4, 0.5) is 0 Å². The first-order chi connectivity index (χ1) is 8.59. The quantitative estimate of drug-likeness (QED) is 0.701. The van der Waals surface area contributed by atoms with Gasteiger partial charge >= 0.3 is 0 Å². The number of nitrogens with one attached hydrogen (secondary N) is 2. The standard InChI is InChI=1S/C12H19N3O3/c1-9(2)18-8-4-3-7-13-12(17)10-5-6-11(16)15-14-10/h5-6,9H,3-4,7-8H2,1-2H3,(H,13,17)(H,15,16). The second-order valence-electron chi connectivity index (χ2n) is 4.19. The number of aromatic amines is 1. The third-order valence-electron chi connectivity index (χ3n) is 2.22. The van der Waals surface area contributed by atoms with Crippen molar-refractivity contribution in [1.29, 1.82) is 0 Å². The molecule has 0 radical (unpaired) electrons. The van der Waals surface area contributed by atoms with E-state index in [-0.39, 0.29) is 23.3 Å². The van der Waals surface area contributed by atoms with Crippen LogP contribution in [0.25, 0.3) is 0 Å². The first kappa shape index (κ1) is 14.4. The van der Waals surface area contributed by atoms with Crippen LogP contribution in [0, 0.1) is 0 Å². The molecule has 1 rings (SSSR count). The number of hydrogen-bond acceptors (Lipinski definition) is 4. The minimum absolute atomic E-state index is 0.216. The number of hydrogen-bond donors (Lipinski definition) is 2. The number of carbonyl (C=O) groups excluding carboxylic acids is 1. The van der Waals surface area contributed by atoms with Gasteiger partial charge < -0.3 is 10.1 Å². The summed E-state index contributed by atoms with van der Waals surface area (Å²) in [5, 5.41) is 8.59. The van der Waals surface area contributed by atoms with Gasteiger partial charge in [0.05, 0.1) is 6.10 Å². The predicted molar refractivity (Wildman–Crippen MR) is 67.5 cm³/mol. The van der Waals surface area contributed by atoms with Crippen LogP contribution < -0.4 is 10.9 Å². The fraction of sp³-hybridized carbons (Fsp3) is 0.583. The molecule has 2 N–H and O–H groups in total. The van der Waals surface area contributed by atoms with Crippen molar-refractivity contribution in [3.05, 3.63) is 28.2 Å². The average molecular weight is 253 g/mol. The minimum Gasteiger partial charge on any atom is -0.379 e. The number of carbonyl (C=O) groups is 1. The Bertz CT molecular complexity index is 408. The number of amides is 1. The number of unbranched alkanes of at least 4 members (excludes halogenated alkanes) is 1. The lowest BCUT2D eigenvalue weighted by Crippen LogP contribution is -2.26. The highest BCUT2D eigenvalue weighted by molar-refractivity contribution is 5.91. The number of ether oxygens (including phenoxy) is 1. The summed E-state index contributed by atoms with van der Waals surface area (Å²) < 4.78 is 5.38. The fourth-order valence-electron chi connectivity index (χ4n) is 1.31. The Balaban J connectivity index is 2.17. The van der Waals surface area contributed by atoms with Gasteiger partial charge in [-0.25, -0.2) is 5.10 Å². The lowest BCUT2D eigenvalue weighted by molar-refractivity contribution is 0.0754. The summed E-state index contributed by atoms with van der Waals surface area (Å²) in [6.07, 6.45) is 1.99. The van der Waals surface area contributed by atoms with Crippen molar-refractivity contribution in [3.63, 3.8) is 0 Å². The molecule has 0 aliphatic heterocycles. The van der Waals surface area contributed by atoms with Crippen LogP contribution in [-0.2, 0) is 4.74 Å². The van der Waals surface area contributed by atoms with Gasteiger partial charge in [-0.1, -0.05) is 0 Å². The number of rotatable bonds is 7. The van der Waals surface area contributed by atoms with E-state index in [0.29, 0.717) is 13.2 Å². The van der Waals surface area contributed by atoms with E-state index in [4.69, 9.17) is 4.74 Å². The molecule has 0 spiro atoms. The van der Waals surface area contributed by atoms with Gasteiger partial charge in [0.1, 0.15) is 5.69 Å². The molecule has 0 atom stereocenters. The molecule has 0 aromatic carbocycles. The summed E-state index contributed by atoms with van der Waals surface area (Å²) in [7, 11) is 0. The third kappa shape index (κ3) is 5.58. The highest BCUT2D eigenvalue weighted by Gasteiger charge is 2.05. The molecule has 1 aromatic heterocycles. The summed E-state index contributed by atoms with van der Waals surface area (Å²) in [6.45, 7) is 5.25. The number of H-pyrrole nitrogens is 1. The summed E-state index contributed by atoms with van der Waals surface area (Å²) in [6, 6.07) is 2.68. The van der Waals surface area contributed by atoms with E-state index in [1.54, 1.807) is 0 Å². The first-order valence-electron chi connectivity index (χ1n) is 6.05. The maximum atomic E-state index is 11.6. The number of aromatic nitrogens is 2. The summed E-state index contributed by atoms with van der Waals surface area (Å²) >= 11 is 0. The molecular weight excluding hydrogens is 234 g/mol. The smallest absolute Gasteiger partial charge is 0.271 e. The molecule has 0 saturated heterocycles. The van der Waals surface area contributed by atoms with Gasteiger partial charge in [0, 0.05) is 19.2 Å². The van der Waals surface area contributed by atoms with Crippen LogP contribution in [0.2, 0.25) is 0 Å². The van der Waals surface area contributed by atoms with E-state index >= 15 is 0 Å². The second kappa shape index (κ2) is 7.60. The van der Waals surface area contributed by atoms with Crippen molar-refractivity contribution in [3.8, 4) is 0 Å². The van der Waals surface area contributed by atoms with Gasteiger partial charge in [-0.3, -0.25) is 9.59 Å². The molecule has 1 aromatic rings. The molecule has 0 aliphatic rings. The van der Waals surface area contributed by atoms with Gasteiger partial charge in [-0.2, -0.15) is 5.10 Å². The van der Waals surface area contributed by atoms with Crippen LogP contribution in [-0.4, -0.2) is 35.4 Å². The molecule has 0 bridgehead atoms. The van der Waals surface area contributed by atoms with Gasteiger partial charge in [-0.05, 0) is 32.8 Å². The van der Waals surface area contributed by atoms with Crippen LogP contribution >= 0.6 is 0 Å². The Labute approximate surface area is 106 Å². The lowest BCUT2D eigenvalue weighted by Gasteiger charge is -2.07. The number of nitrogens with zero attached hydrogens (tertiary/aromatic N) is 1. The minimum atomic E-state index is -0.322. The maximum Gasteiger partial charge on any atom is 0.271 e. The van der Waals surface area contributed by atoms with Crippen molar-refractivity contribution >= 4 is 5.91 Å². The molecule has 0 unspecified atom stereocenters. The maximum absolute atomic E-state index is 11.6. The molecule has 0 fully saturated rings. The van der Waals surface area contributed by atoms with Crippen molar-refractivity contribution in [2.75, 3.05) is 13.2 Å². The van der Waals surface area contributed by atoms with Gasteiger partial charge in [-0.15, -0.1) is 0 Å². The largest absolute Gasteiger partial charge is 0.379 e. The second-order valence-corrected chi connectivity index (χ2v) is 4.19. The van der Waals surface area contributed by atoms with Crippen LogP contribution in [0.15, 0.2) is 16.9 Å². The van der Waals surface area contributed by atoms with Crippen molar-refractivity contribution in [1.82, 2.24) is 15.5 Å². The van der Waals surface area contributed by atoms with E-state index < -0.39 is 0 Å². The normalized spacial score (nSPS) is 10.6. The summed E-state index contributed by atoms with van der Waals surface area (Å²) in [4.78, 5) is 22.3. The van der Waals surface area contributed by atoms with Crippen LogP contribution in [0.5, 0.6) is 0 Å². The van der Waals surface area contributed by atoms with Crippen molar-refractivity contribution < 1.29 is 9.53 Å². The van der Waals surface area contributed by atoms with E-state index in [9.17, 15) is 9.59 Å². The van der Waals surface area contributed by atoms with Crippen LogP contribution in [0.1, 0.15) is 37.2 Å². The Morgan fingerprint density at radius 2 is 2.22 bits per heavy atom. The Hall–Kier alpha value is -1.69. The zero-order valence-corrected chi connectivity index (χ0v) is 10.7. The predicted octanol–water partition coefficient (Wildman–Crippen LogP) is 0.705. The molecular formula is C12H19N3O3. The summed E-state index contributed by atoms with van der Waals surface area (Å²) in [5.41, 5.74) is -0.106. The highest BCUT2D eigenvalue weighted by atomic mass is 16.5. The Kier molecular flexibility index (Phi) is 6.07. The zero-order valence-electron chi connectivity index (χ0n) is 10.7. The molecule has 0 aliphatic carbocycles. The van der Waals surface area contributed by atoms with Gasteiger partial charge in [0.15, 0.2) is 0 Å². The van der Waals surface area contributed by atoms with Crippen LogP contribution in [0.3, 0.4) is 0 Å². The molecule has 6 heteroatoms. The van der Waals surface area contributed by atoms with Gasteiger partial charge in [0.2, 0.25) is 0 Å².